The zero-order valence-electron chi connectivity index (χ0n) is 34.5. The average Bonchev–Trinajstić information content (AvgIpc) is 3.73. The fraction of sp³-hybridized carbons (Fsp3) is 0.0625. The minimum absolute atomic E-state index is 0.0290. The molecule has 0 N–H and O–H groups in total. The lowest BCUT2D eigenvalue weighted by molar-refractivity contribution is 0.660. The largest absolute Gasteiger partial charge is 0.309 e. The lowest BCUT2D eigenvalue weighted by Gasteiger charge is -2.21. The van der Waals surface area contributed by atoms with Crippen molar-refractivity contribution in [2.45, 2.75) is 19.3 Å². The molecule has 246 valence electrons. The molecular formula is C48H34N4. The van der Waals surface area contributed by atoms with E-state index in [4.69, 9.17) is 20.4 Å². The Bertz CT molecular complexity index is 3030. The molecule has 52 heavy (non-hydrogen) atoms. The Morgan fingerprint density at radius 1 is 0.481 bits per heavy atom. The normalized spacial score (nSPS) is 14.6. The molecule has 10 rings (SSSR count). The van der Waals surface area contributed by atoms with Crippen LogP contribution in [0.3, 0.4) is 0 Å². The number of aromatic nitrogens is 4. The fourth-order valence-electron chi connectivity index (χ4n) is 7.73. The van der Waals surface area contributed by atoms with Gasteiger partial charge < -0.3 is 4.57 Å². The van der Waals surface area contributed by atoms with E-state index in [1.54, 1.807) is 4.57 Å². The van der Waals surface area contributed by atoms with Gasteiger partial charge in [-0.05, 0) is 63.7 Å². The van der Waals surface area contributed by atoms with Crippen LogP contribution >= 0.6 is 0 Å². The molecule has 0 fully saturated rings. The second-order valence-electron chi connectivity index (χ2n) is 13.6. The van der Waals surface area contributed by atoms with E-state index in [-0.39, 0.29) is 63.5 Å². The van der Waals surface area contributed by atoms with Crippen LogP contribution in [0.25, 0.3) is 83.9 Å². The maximum Gasteiger partial charge on any atom is 0.164 e. The Balaban J connectivity index is 1.34. The van der Waals surface area contributed by atoms with Crippen LogP contribution in [0.5, 0.6) is 0 Å². The van der Waals surface area contributed by atoms with Gasteiger partial charge in [0.25, 0.3) is 0 Å². The van der Waals surface area contributed by atoms with Gasteiger partial charge in [-0.15, -0.1) is 0 Å². The first-order valence-electron chi connectivity index (χ1n) is 20.3. The van der Waals surface area contributed by atoms with Gasteiger partial charge in [0.2, 0.25) is 0 Å². The molecule has 0 atom stereocenters. The molecule has 0 amide bonds. The zero-order valence-corrected chi connectivity index (χ0v) is 28.5. The molecule has 1 aliphatic carbocycles. The molecule has 0 unspecified atom stereocenters. The summed E-state index contributed by atoms with van der Waals surface area (Å²) in [6.07, 6.45) is 0. The minimum atomic E-state index is -0.254. The maximum absolute atomic E-state index is 9.20. The van der Waals surface area contributed by atoms with E-state index in [0.29, 0.717) is 28.7 Å². The van der Waals surface area contributed by atoms with Crippen LogP contribution in [0.4, 0.5) is 0 Å². The molecule has 0 saturated carbocycles. The third-order valence-electron chi connectivity index (χ3n) is 10.2. The molecule has 0 spiro atoms. The van der Waals surface area contributed by atoms with E-state index in [1.807, 2.05) is 72.8 Å². The second-order valence-corrected chi connectivity index (χ2v) is 13.6. The van der Waals surface area contributed by atoms with Crippen molar-refractivity contribution in [3.05, 3.63) is 181 Å². The highest BCUT2D eigenvalue weighted by Crippen LogP contribution is 2.52. The molecule has 2 heterocycles. The van der Waals surface area contributed by atoms with Gasteiger partial charge in [0.05, 0.1) is 19.3 Å². The van der Waals surface area contributed by atoms with Crippen molar-refractivity contribution in [3.63, 3.8) is 0 Å². The number of fused-ring (bicyclic) bond motifs is 6. The van der Waals surface area contributed by atoms with Crippen LogP contribution in [0, 0.1) is 0 Å². The molecule has 0 bridgehead atoms. The van der Waals surface area contributed by atoms with E-state index in [1.165, 1.54) is 23.3 Å². The molecule has 0 radical (unpaired) electrons. The fourth-order valence-corrected chi connectivity index (χ4v) is 7.73. The first-order valence-corrected chi connectivity index (χ1v) is 17.3. The predicted octanol–water partition coefficient (Wildman–Crippen LogP) is 11.9. The number of benzene rings is 7. The van der Waals surface area contributed by atoms with E-state index in [0.717, 1.165) is 33.4 Å². The van der Waals surface area contributed by atoms with E-state index in [2.05, 4.69) is 62.4 Å². The van der Waals surface area contributed by atoms with Crippen molar-refractivity contribution in [3.8, 4) is 62.1 Å². The summed E-state index contributed by atoms with van der Waals surface area (Å²) in [5.41, 5.74) is 9.63. The Labute approximate surface area is 311 Å². The Kier molecular flexibility index (Phi) is 5.52. The summed E-state index contributed by atoms with van der Waals surface area (Å²) >= 11 is 0. The molecule has 9 aromatic rings. The smallest absolute Gasteiger partial charge is 0.164 e. The summed E-state index contributed by atoms with van der Waals surface area (Å²) in [6.45, 7) is 4.48. The van der Waals surface area contributed by atoms with Gasteiger partial charge in [-0.3, -0.25) is 0 Å². The topological polar surface area (TPSA) is 43.6 Å². The Hall–Kier alpha value is -6.65. The van der Waals surface area contributed by atoms with Gasteiger partial charge in [0, 0.05) is 38.6 Å². The van der Waals surface area contributed by atoms with Crippen molar-refractivity contribution in [1.29, 1.82) is 0 Å². The third-order valence-corrected chi connectivity index (χ3v) is 10.2. The van der Waals surface area contributed by atoms with Gasteiger partial charge in [0.1, 0.15) is 0 Å². The van der Waals surface area contributed by atoms with Gasteiger partial charge in [0.15, 0.2) is 17.5 Å². The summed E-state index contributed by atoms with van der Waals surface area (Å²) in [6, 6.07) is 42.3. The van der Waals surface area contributed by atoms with Crippen molar-refractivity contribution in [1.82, 2.24) is 19.5 Å². The highest BCUT2D eigenvalue weighted by molar-refractivity contribution is 6.09. The van der Waals surface area contributed by atoms with Crippen molar-refractivity contribution < 1.29 is 8.22 Å². The van der Waals surface area contributed by atoms with Crippen LogP contribution in [0.2, 0.25) is 0 Å². The number of rotatable bonds is 5. The predicted molar refractivity (Wildman–Crippen MR) is 213 cm³/mol. The van der Waals surface area contributed by atoms with Crippen LogP contribution in [0.15, 0.2) is 170 Å². The second kappa shape index (κ2) is 11.7. The number of hydrogen-bond donors (Lipinski definition) is 0. The summed E-state index contributed by atoms with van der Waals surface area (Å²) < 4.78 is 55.3. The molecule has 2 aromatic heterocycles. The lowest BCUT2D eigenvalue weighted by Crippen LogP contribution is -2.14. The maximum atomic E-state index is 9.20. The van der Waals surface area contributed by atoms with E-state index in [9.17, 15) is 2.74 Å². The Morgan fingerprint density at radius 2 is 1.00 bits per heavy atom. The monoisotopic (exact) mass is 672 g/mol. The zero-order chi connectivity index (χ0) is 40.0. The van der Waals surface area contributed by atoms with Crippen molar-refractivity contribution in [2.75, 3.05) is 0 Å². The molecule has 4 nitrogen and oxygen atoms in total. The minimum Gasteiger partial charge on any atom is -0.309 e. The van der Waals surface area contributed by atoms with Crippen LogP contribution in [-0.4, -0.2) is 19.5 Å². The van der Waals surface area contributed by atoms with Gasteiger partial charge in [-0.25, -0.2) is 15.0 Å². The summed E-state index contributed by atoms with van der Waals surface area (Å²) in [4.78, 5) is 15.1. The number of nitrogens with zero attached hydrogens (tertiary/aromatic N) is 4. The summed E-state index contributed by atoms with van der Waals surface area (Å²) in [5, 5.41) is 0.391. The Morgan fingerprint density at radius 3 is 1.63 bits per heavy atom. The quantitative estimate of drug-likeness (QED) is 0.183. The number of para-hydroxylation sites is 2. The van der Waals surface area contributed by atoms with E-state index < -0.39 is 0 Å². The molecular weight excluding hydrogens is 633 g/mol. The highest BCUT2D eigenvalue weighted by atomic mass is 15.0. The summed E-state index contributed by atoms with van der Waals surface area (Å²) in [7, 11) is 0. The SMILES string of the molecule is [2H]c1cc([2H])c2c(c1[2H])c1c([2H])c([2H])cc([2H])c1n2-c1cc(-c2nc(-c3ccccc3)nc(-c3ccccc3)n2)cc(-c2cccc3c2-c2ccccc2C3(C)C)c1. The van der Waals surface area contributed by atoms with Crippen molar-refractivity contribution in [2.24, 2.45) is 0 Å². The molecule has 0 aliphatic heterocycles. The van der Waals surface area contributed by atoms with Gasteiger partial charge in [-0.2, -0.15) is 0 Å². The highest BCUT2D eigenvalue weighted by Gasteiger charge is 2.36. The van der Waals surface area contributed by atoms with Crippen LogP contribution in [0.1, 0.15) is 33.2 Å². The third kappa shape index (κ3) is 4.72. The number of hydrogen-bond acceptors (Lipinski definition) is 3. The summed E-state index contributed by atoms with van der Waals surface area (Å²) in [5.74, 6) is 1.40. The van der Waals surface area contributed by atoms with Crippen LogP contribution < -0.4 is 0 Å². The van der Waals surface area contributed by atoms with Gasteiger partial charge >= 0.3 is 0 Å². The molecule has 0 saturated heterocycles. The van der Waals surface area contributed by atoms with Crippen LogP contribution in [-0.2, 0) is 5.41 Å². The molecule has 1 aliphatic rings. The van der Waals surface area contributed by atoms with Gasteiger partial charge in [-0.1, -0.05) is 153 Å². The molecule has 7 aromatic carbocycles. The average molecular weight is 673 g/mol. The molecule has 4 heteroatoms. The van der Waals surface area contributed by atoms with E-state index >= 15 is 0 Å². The first kappa shape index (κ1) is 24.5. The first-order chi connectivity index (χ1) is 28.0. The standard InChI is InChI=1S/C48H34N4/c1-48(2)40-24-12-9-22-39(40)44-36(23-15-25-41(44)48)33-28-34(30-35(29-33)52-42-26-13-10-20-37(42)38-21-11-14-27-43(38)52)47-50-45(31-16-5-3-6-17-31)49-46(51-47)32-18-7-4-8-19-32/h3-30H,1-2H3/i10D,11D,20D,21D,26D,27D. The van der Waals surface area contributed by atoms with Crippen molar-refractivity contribution >= 4 is 21.8 Å². The lowest BCUT2D eigenvalue weighted by atomic mass is 9.82.